The van der Waals surface area contributed by atoms with E-state index in [1.54, 1.807) is 0 Å². The van der Waals surface area contributed by atoms with Crippen LogP contribution < -0.4 is 4.90 Å². The van der Waals surface area contributed by atoms with Crippen molar-refractivity contribution in [1.29, 1.82) is 0 Å². The molecular formula is C22H40N2. The van der Waals surface area contributed by atoms with Gasteiger partial charge in [0.15, 0.2) is 0 Å². The Hall–Kier alpha value is -1.02. The van der Waals surface area contributed by atoms with Crippen LogP contribution in [-0.4, -0.2) is 31.1 Å². The summed E-state index contributed by atoms with van der Waals surface area (Å²) >= 11 is 0. The number of para-hydroxylation sites is 1. The molecule has 2 heteroatoms. The van der Waals surface area contributed by atoms with E-state index in [0.29, 0.717) is 6.04 Å². The molecule has 0 fully saturated rings. The molecular weight excluding hydrogens is 292 g/mol. The van der Waals surface area contributed by atoms with Gasteiger partial charge in [-0.05, 0) is 57.8 Å². The fourth-order valence-electron chi connectivity index (χ4n) is 3.58. The van der Waals surface area contributed by atoms with Crippen LogP contribution in [0.2, 0.25) is 0 Å². The normalized spacial score (nSPS) is 12.6. The van der Waals surface area contributed by atoms with E-state index in [2.05, 4.69) is 68.7 Å². The van der Waals surface area contributed by atoms with Gasteiger partial charge in [0.05, 0.1) is 0 Å². The lowest BCUT2D eigenvalue weighted by Crippen LogP contribution is -2.33. The molecule has 0 radical (unpaired) electrons. The van der Waals surface area contributed by atoms with Crippen LogP contribution in [0.4, 0.5) is 5.69 Å². The minimum atomic E-state index is 0.560. The number of rotatable bonds is 13. The molecule has 0 amide bonds. The Labute approximate surface area is 151 Å². The average molecular weight is 333 g/mol. The van der Waals surface area contributed by atoms with Gasteiger partial charge in [0.2, 0.25) is 0 Å². The van der Waals surface area contributed by atoms with Crippen LogP contribution in [-0.2, 0) is 0 Å². The van der Waals surface area contributed by atoms with E-state index in [1.807, 2.05) is 0 Å². The molecule has 0 aromatic heterocycles. The molecule has 1 aromatic rings. The van der Waals surface area contributed by atoms with Gasteiger partial charge in [-0.15, -0.1) is 0 Å². The molecule has 24 heavy (non-hydrogen) atoms. The number of nitrogens with zero attached hydrogens (tertiary/aromatic N) is 2. The van der Waals surface area contributed by atoms with Gasteiger partial charge in [-0.2, -0.15) is 0 Å². The van der Waals surface area contributed by atoms with Gasteiger partial charge in [-0.1, -0.05) is 58.2 Å². The number of hydrogen-bond donors (Lipinski definition) is 0. The predicted molar refractivity (Wildman–Crippen MR) is 109 cm³/mol. The Bertz CT molecular complexity index is 418. The minimum Gasteiger partial charge on any atom is -0.372 e. The van der Waals surface area contributed by atoms with Gasteiger partial charge in [0, 0.05) is 24.8 Å². The highest BCUT2D eigenvalue weighted by Crippen LogP contribution is 2.34. The van der Waals surface area contributed by atoms with E-state index < -0.39 is 0 Å². The zero-order valence-corrected chi connectivity index (χ0v) is 16.9. The van der Waals surface area contributed by atoms with Gasteiger partial charge >= 0.3 is 0 Å². The summed E-state index contributed by atoms with van der Waals surface area (Å²) in [4.78, 5) is 5.27. The van der Waals surface area contributed by atoms with E-state index in [9.17, 15) is 0 Å². The zero-order chi connectivity index (χ0) is 17.8. The first-order chi connectivity index (χ1) is 11.7. The minimum absolute atomic E-state index is 0.560. The van der Waals surface area contributed by atoms with Crippen molar-refractivity contribution in [3.05, 3.63) is 29.8 Å². The maximum absolute atomic E-state index is 2.76. The smallest absolute Gasteiger partial charge is 0.0414 e. The molecule has 0 saturated carbocycles. The number of unbranched alkanes of at least 4 members (excludes halogenated alkanes) is 2. The lowest BCUT2D eigenvalue weighted by Gasteiger charge is -2.35. The monoisotopic (exact) mass is 332 g/mol. The van der Waals surface area contributed by atoms with Crippen LogP contribution in [0, 0.1) is 0 Å². The van der Waals surface area contributed by atoms with Crippen LogP contribution in [0.25, 0.3) is 0 Å². The standard InChI is InChI=1S/C22H40N2/c1-6-11-18-24(19-12-7-2)21(15-8-3)20-16-13-14-17-22(20)23(9-4)10-5/h13-14,16-17,21H,6-12,15,18-19H2,1-5H3. The van der Waals surface area contributed by atoms with Gasteiger partial charge in [-0.25, -0.2) is 0 Å². The van der Waals surface area contributed by atoms with Crippen LogP contribution >= 0.6 is 0 Å². The van der Waals surface area contributed by atoms with E-state index in [4.69, 9.17) is 0 Å². The van der Waals surface area contributed by atoms with Crippen molar-refractivity contribution in [1.82, 2.24) is 4.90 Å². The summed E-state index contributed by atoms with van der Waals surface area (Å²) in [6.45, 7) is 16.1. The predicted octanol–water partition coefficient (Wildman–Crippen LogP) is 6.28. The second-order valence-corrected chi connectivity index (χ2v) is 6.78. The molecule has 1 unspecified atom stereocenters. The van der Waals surface area contributed by atoms with Crippen LogP contribution in [0.1, 0.15) is 84.7 Å². The first-order valence-electron chi connectivity index (χ1n) is 10.3. The van der Waals surface area contributed by atoms with Crippen molar-refractivity contribution in [3.8, 4) is 0 Å². The van der Waals surface area contributed by atoms with Crippen molar-refractivity contribution in [2.75, 3.05) is 31.1 Å². The topological polar surface area (TPSA) is 6.48 Å². The number of anilines is 1. The summed E-state index contributed by atoms with van der Waals surface area (Å²) in [5, 5.41) is 0. The Morgan fingerprint density at radius 1 is 0.792 bits per heavy atom. The second-order valence-electron chi connectivity index (χ2n) is 6.78. The maximum atomic E-state index is 2.76. The molecule has 0 spiro atoms. The maximum Gasteiger partial charge on any atom is 0.0414 e. The molecule has 2 nitrogen and oxygen atoms in total. The molecule has 0 bridgehead atoms. The summed E-state index contributed by atoms with van der Waals surface area (Å²) in [6, 6.07) is 9.68. The average Bonchev–Trinajstić information content (AvgIpc) is 2.62. The Kier molecular flexibility index (Phi) is 10.8. The van der Waals surface area contributed by atoms with Gasteiger partial charge < -0.3 is 4.90 Å². The van der Waals surface area contributed by atoms with Crippen molar-refractivity contribution in [2.24, 2.45) is 0 Å². The highest BCUT2D eigenvalue weighted by Gasteiger charge is 2.22. The fourth-order valence-corrected chi connectivity index (χ4v) is 3.58. The van der Waals surface area contributed by atoms with Crippen molar-refractivity contribution in [3.63, 3.8) is 0 Å². The molecule has 1 aromatic carbocycles. The molecule has 0 N–H and O–H groups in total. The first-order valence-corrected chi connectivity index (χ1v) is 10.3. The summed E-state index contributed by atoms with van der Waals surface area (Å²) in [7, 11) is 0. The van der Waals surface area contributed by atoms with Crippen molar-refractivity contribution < 1.29 is 0 Å². The molecule has 0 saturated heterocycles. The molecule has 1 atom stereocenters. The zero-order valence-electron chi connectivity index (χ0n) is 16.9. The van der Waals surface area contributed by atoms with Crippen LogP contribution in [0.15, 0.2) is 24.3 Å². The lowest BCUT2D eigenvalue weighted by atomic mass is 9.97. The Morgan fingerprint density at radius 3 is 1.88 bits per heavy atom. The first kappa shape index (κ1) is 21.0. The largest absolute Gasteiger partial charge is 0.372 e. The third-order valence-corrected chi connectivity index (χ3v) is 5.00. The summed E-state index contributed by atoms with van der Waals surface area (Å²) < 4.78 is 0. The molecule has 0 aliphatic rings. The van der Waals surface area contributed by atoms with E-state index in [1.165, 1.54) is 62.9 Å². The van der Waals surface area contributed by atoms with Gasteiger partial charge in [0.1, 0.15) is 0 Å². The van der Waals surface area contributed by atoms with Crippen LogP contribution in [0.3, 0.4) is 0 Å². The highest BCUT2D eigenvalue weighted by molar-refractivity contribution is 5.55. The van der Waals surface area contributed by atoms with Crippen molar-refractivity contribution in [2.45, 2.75) is 79.2 Å². The van der Waals surface area contributed by atoms with E-state index in [-0.39, 0.29) is 0 Å². The Morgan fingerprint density at radius 2 is 1.38 bits per heavy atom. The van der Waals surface area contributed by atoms with Gasteiger partial charge in [-0.3, -0.25) is 4.90 Å². The fraction of sp³-hybridized carbons (Fsp3) is 0.727. The second kappa shape index (κ2) is 12.4. The molecule has 0 heterocycles. The summed E-state index contributed by atoms with van der Waals surface area (Å²) in [5.74, 6) is 0. The molecule has 138 valence electrons. The molecule has 1 rings (SSSR count). The quantitative estimate of drug-likeness (QED) is 0.419. The highest BCUT2D eigenvalue weighted by atomic mass is 15.2. The number of hydrogen-bond acceptors (Lipinski definition) is 2. The van der Waals surface area contributed by atoms with E-state index in [0.717, 1.165) is 13.1 Å². The van der Waals surface area contributed by atoms with Gasteiger partial charge in [0.25, 0.3) is 0 Å². The summed E-state index contributed by atoms with van der Waals surface area (Å²) in [6.07, 6.45) is 7.66. The van der Waals surface area contributed by atoms with Crippen molar-refractivity contribution >= 4 is 5.69 Å². The SMILES string of the molecule is CCCCN(CCCC)C(CCC)c1ccccc1N(CC)CC. The third kappa shape index (κ3) is 6.12. The Balaban J connectivity index is 3.15. The summed E-state index contributed by atoms with van der Waals surface area (Å²) in [5.41, 5.74) is 2.98. The third-order valence-electron chi connectivity index (χ3n) is 5.00. The molecule has 0 aliphatic carbocycles. The van der Waals surface area contributed by atoms with Crippen LogP contribution in [0.5, 0.6) is 0 Å². The van der Waals surface area contributed by atoms with E-state index >= 15 is 0 Å². The lowest BCUT2D eigenvalue weighted by molar-refractivity contribution is 0.181. The molecule has 0 aliphatic heterocycles. The number of benzene rings is 1.